The maximum absolute atomic E-state index is 12.1. The molecule has 4 heterocycles. The average molecular weight is 1070 g/mol. The van der Waals surface area contributed by atoms with Crippen molar-refractivity contribution in [1.29, 1.82) is 0 Å². The Balaban J connectivity index is 0.000000197. The number of rotatable bonds is 12. The average Bonchev–Trinajstić information content (AvgIpc) is 4.09. The van der Waals surface area contributed by atoms with Gasteiger partial charge in [-0.25, -0.2) is 32.8 Å². The first-order valence-corrected chi connectivity index (χ1v) is 25.7. The van der Waals surface area contributed by atoms with E-state index >= 15 is 0 Å². The fourth-order valence-corrected chi connectivity index (χ4v) is 10.7. The van der Waals surface area contributed by atoms with Crippen LogP contribution in [-0.2, 0) is 47.8 Å². The Morgan fingerprint density at radius 1 is 0.620 bits per heavy atom. The Morgan fingerprint density at radius 2 is 1.06 bits per heavy atom. The number of hydrogen-bond acceptors (Lipinski definition) is 10. The van der Waals surface area contributed by atoms with E-state index in [0.717, 1.165) is 54.5 Å². The minimum atomic E-state index is -3.87. The highest BCUT2D eigenvalue weighted by molar-refractivity contribution is 7.92. The second-order valence-electron chi connectivity index (χ2n) is 15.7. The Bertz CT molecular complexity index is 3470. The first-order valence-electron chi connectivity index (χ1n) is 21.3. The normalized spacial score (nSPS) is 15.0. The summed E-state index contributed by atoms with van der Waals surface area (Å²) in [4.78, 5) is 44.2. The maximum atomic E-state index is 12.1. The van der Waals surface area contributed by atoms with Crippen molar-refractivity contribution in [1.82, 2.24) is 28.5 Å². The van der Waals surface area contributed by atoms with Crippen LogP contribution in [0, 0.1) is 0 Å². The molecule has 2 N–H and O–H groups in total. The zero-order valence-electron chi connectivity index (χ0n) is 37.5. The van der Waals surface area contributed by atoms with Crippen LogP contribution in [0.25, 0.3) is 46.8 Å². The number of halogens is 4. The number of aryl methyl sites for hydroxylation is 1. The van der Waals surface area contributed by atoms with E-state index in [4.69, 9.17) is 56.1 Å². The van der Waals surface area contributed by atoms with E-state index in [1.165, 1.54) is 7.11 Å². The number of nitrogens with one attached hydrogen (secondary N) is 2. The number of amides is 2. The molecule has 7 aromatic rings. The molecule has 0 bridgehead atoms. The number of hydrogen-bond donors (Lipinski definition) is 2. The number of ether oxygens (including phenoxy) is 1. The van der Waals surface area contributed by atoms with Crippen LogP contribution in [0.3, 0.4) is 0 Å². The van der Waals surface area contributed by atoms with E-state index in [9.17, 15) is 31.2 Å². The zero-order valence-corrected chi connectivity index (χ0v) is 42.1. The fourth-order valence-electron chi connectivity index (χ4n) is 7.42. The molecule has 0 atom stereocenters. The number of imidazole rings is 2. The summed E-state index contributed by atoms with van der Waals surface area (Å²) in [5.74, 6) is -0.142. The Labute approximate surface area is 429 Å². The zero-order chi connectivity index (χ0) is 50.6. The van der Waals surface area contributed by atoms with Gasteiger partial charge in [-0.3, -0.25) is 9.59 Å². The molecule has 22 heteroatoms. The SMILES string of the molecule is CCn1cc(-c2ccc(Cl)cc2Cl)nc1/C=C/c1ccc(N2CC(=O)NS2(=O)=O)cc1.COC(=O)c1ccc(Cn2cc(-c3ccc(Cl)cc3Cl)nc2/C=C/c2ccc(N3CC(=O)NS3(=O)=O)cc2)cc1. The lowest BCUT2D eigenvalue weighted by Gasteiger charge is -2.14. The van der Waals surface area contributed by atoms with Crippen LogP contribution in [-0.4, -0.2) is 73.9 Å². The summed E-state index contributed by atoms with van der Waals surface area (Å²) in [6, 6.07) is 31.2. The van der Waals surface area contributed by atoms with Crippen LogP contribution in [0.2, 0.25) is 20.1 Å². The Hall–Kier alpha value is -6.93. The van der Waals surface area contributed by atoms with Gasteiger partial charge >= 0.3 is 26.4 Å². The van der Waals surface area contributed by atoms with Crippen molar-refractivity contribution in [2.45, 2.75) is 20.0 Å². The summed E-state index contributed by atoms with van der Waals surface area (Å²) in [7, 11) is -6.35. The van der Waals surface area contributed by atoms with Crippen LogP contribution in [0.15, 0.2) is 122 Å². The van der Waals surface area contributed by atoms with Crippen molar-refractivity contribution in [2.75, 3.05) is 28.8 Å². The molecule has 2 aromatic heterocycles. The summed E-state index contributed by atoms with van der Waals surface area (Å²) < 4.78 is 62.8. The first-order chi connectivity index (χ1) is 33.9. The molecule has 364 valence electrons. The number of benzene rings is 5. The molecule has 2 amide bonds. The van der Waals surface area contributed by atoms with Crippen molar-refractivity contribution >= 4 is 120 Å². The highest BCUT2D eigenvalue weighted by atomic mass is 35.5. The molecule has 0 saturated carbocycles. The molecule has 2 saturated heterocycles. The summed E-state index contributed by atoms with van der Waals surface area (Å²) in [6.07, 6.45) is 11.3. The predicted octanol–water partition coefficient (Wildman–Crippen LogP) is 9.27. The molecular weight excluding hydrogens is 1030 g/mol. The van der Waals surface area contributed by atoms with Gasteiger partial charge in [0, 0.05) is 46.7 Å². The molecule has 0 spiro atoms. The van der Waals surface area contributed by atoms with Crippen LogP contribution >= 0.6 is 46.4 Å². The summed E-state index contributed by atoms with van der Waals surface area (Å²) in [6.45, 7) is 2.73. The number of carbonyl (C=O) groups is 3. The number of nitrogens with zero attached hydrogens (tertiary/aromatic N) is 6. The standard InChI is InChI=1S/C28H22Cl2N4O5S.C21H18Cl2N4O3S/c1-39-28(36)20-7-2-19(3-8-20)15-33-16-25(23-12-9-21(29)14-24(23)30)31-26(33)13-6-18-4-10-22(11-5-18)34-17-27(35)32-40(34,37)38;1-2-26-12-19(17-9-6-15(22)11-18(17)23)24-20(26)10-5-14-3-7-16(8-4-14)27-13-21(28)25-31(27,29)30/h2-14,16H,15,17H2,1H3,(H,32,35);3-12H,2,13H2,1H3,(H,25,28)/b13-6+;10-5+. The first kappa shape index (κ1) is 50.5. The Kier molecular flexibility index (Phi) is 15.1. The van der Waals surface area contributed by atoms with Crippen molar-refractivity contribution < 1.29 is 36.0 Å². The number of carbonyl (C=O) groups excluding carboxylic acids is 3. The second-order valence-corrected chi connectivity index (χ2v) is 20.6. The molecule has 0 radical (unpaired) electrons. The molecule has 0 unspecified atom stereocenters. The molecule has 16 nitrogen and oxygen atoms in total. The highest BCUT2D eigenvalue weighted by Crippen LogP contribution is 2.32. The molecule has 2 aliphatic rings. The molecule has 2 aliphatic heterocycles. The smallest absolute Gasteiger partial charge is 0.337 e. The second kappa shape index (κ2) is 21.2. The van der Waals surface area contributed by atoms with Crippen molar-refractivity contribution in [2.24, 2.45) is 0 Å². The minimum absolute atomic E-state index is 0.221. The third kappa shape index (κ3) is 11.8. The Morgan fingerprint density at radius 3 is 1.45 bits per heavy atom. The monoisotopic (exact) mass is 1070 g/mol. The third-order valence-corrected chi connectivity index (χ3v) is 14.9. The molecule has 9 rings (SSSR count). The number of anilines is 2. The van der Waals surface area contributed by atoms with Crippen molar-refractivity contribution in [3.63, 3.8) is 0 Å². The van der Waals surface area contributed by atoms with Gasteiger partial charge in [0.25, 0.3) is 11.8 Å². The van der Waals surface area contributed by atoms with E-state index in [-0.39, 0.29) is 13.1 Å². The van der Waals surface area contributed by atoms with Gasteiger partial charge in [0.1, 0.15) is 24.7 Å². The molecule has 0 aliphatic carbocycles. The molecule has 5 aromatic carbocycles. The summed E-state index contributed by atoms with van der Waals surface area (Å²) in [5.41, 5.74) is 6.77. The van der Waals surface area contributed by atoms with Gasteiger partial charge in [-0.15, -0.1) is 0 Å². The van der Waals surface area contributed by atoms with Gasteiger partial charge in [0.2, 0.25) is 0 Å². The van der Waals surface area contributed by atoms with E-state index in [1.807, 2.05) is 80.4 Å². The lowest BCUT2D eigenvalue weighted by atomic mass is 10.1. The van der Waals surface area contributed by atoms with Crippen LogP contribution in [0.4, 0.5) is 11.4 Å². The van der Waals surface area contributed by atoms with Crippen molar-refractivity contribution in [3.05, 3.63) is 176 Å². The summed E-state index contributed by atoms with van der Waals surface area (Å²) >= 11 is 24.8. The summed E-state index contributed by atoms with van der Waals surface area (Å²) in [5, 5.41) is 2.08. The van der Waals surface area contributed by atoms with Crippen LogP contribution in [0.1, 0.15) is 45.6 Å². The maximum Gasteiger partial charge on any atom is 0.337 e. The van der Waals surface area contributed by atoms with E-state index < -0.39 is 38.2 Å². The quantitative estimate of drug-likeness (QED) is 0.111. The predicted molar refractivity (Wildman–Crippen MR) is 277 cm³/mol. The van der Waals surface area contributed by atoms with Gasteiger partial charge in [0.05, 0.1) is 45.5 Å². The number of aromatic nitrogens is 4. The lowest BCUT2D eigenvalue weighted by molar-refractivity contribution is -0.118. The minimum Gasteiger partial charge on any atom is -0.465 e. The lowest BCUT2D eigenvalue weighted by Crippen LogP contribution is -2.29. The third-order valence-electron chi connectivity index (χ3n) is 10.9. The van der Waals surface area contributed by atoms with Gasteiger partial charge in [-0.05, 0) is 109 Å². The number of esters is 1. The molecule has 71 heavy (non-hydrogen) atoms. The molecule has 2 fully saturated rings. The van der Waals surface area contributed by atoms with Gasteiger partial charge in [0.15, 0.2) is 0 Å². The van der Waals surface area contributed by atoms with E-state index in [2.05, 4.69) is 4.98 Å². The molecular formula is C49H40Cl4N8O8S2. The highest BCUT2D eigenvalue weighted by Gasteiger charge is 2.35. The van der Waals surface area contributed by atoms with E-state index in [0.29, 0.717) is 55.1 Å². The van der Waals surface area contributed by atoms with Crippen LogP contribution < -0.4 is 18.1 Å². The fraction of sp³-hybridized carbons (Fsp3) is 0.122. The van der Waals surface area contributed by atoms with E-state index in [1.54, 1.807) is 91.0 Å². The van der Waals surface area contributed by atoms with Gasteiger partial charge in [-0.1, -0.05) is 95.0 Å². The topological polar surface area (TPSA) is 195 Å². The van der Waals surface area contributed by atoms with Crippen LogP contribution in [0.5, 0.6) is 0 Å². The van der Waals surface area contributed by atoms with Gasteiger partial charge in [-0.2, -0.15) is 16.8 Å². The number of methoxy groups -OCH3 is 1. The largest absolute Gasteiger partial charge is 0.465 e. The van der Waals surface area contributed by atoms with Gasteiger partial charge < -0.3 is 13.9 Å². The van der Waals surface area contributed by atoms with Crippen molar-refractivity contribution in [3.8, 4) is 22.5 Å².